The molecule has 0 fully saturated rings. The van der Waals surface area contributed by atoms with Crippen LogP contribution in [0.1, 0.15) is 5.76 Å². The molecule has 0 atom stereocenters. The zero-order valence-electron chi connectivity index (χ0n) is 11.6. The van der Waals surface area contributed by atoms with Gasteiger partial charge in [0.15, 0.2) is 0 Å². The highest BCUT2D eigenvalue weighted by molar-refractivity contribution is 5.77. The number of benzene rings is 1. The summed E-state index contributed by atoms with van der Waals surface area (Å²) in [4.78, 5) is 3.96. The van der Waals surface area contributed by atoms with Crippen LogP contribution in [0.2, 0.25) is 0 Å². The van der Waals surface area contributed by atoms with Gasteiger partial charge in [-0.3, -0.25) is 4.98 Å². The fourth-order valence-corrected chi connectivity index (χ4v) is 2.19. The number of pyridine rings is 1. The highest BCUT2D eigenvalue weighted by Crippen LogP contribution is 2.21. The van der Waals surface area contributed by atoms with Crippen LogP contribution in [0.15, 0.2) is 63.7 Å². The van der Waals surface area contributed by atoms with Crippen LogP contribution in [-0.2, 0) is 6.54 Å². The molecular formula is C16H12N4O2. The van der Waals surface area contributed by atoms with Gasteiger partial charge in [0, 0.05) is 23.3 Å². The Balaban J connectivity index is 1.49. The van der Waals surface area contributed by atoms with Crippen molar-refractivity contribution in [1.82, 2.24) is 15.2 Å². The summed E-state index contributed by atoms with van der Waals surface area (Å²) in [6.07, 6.45) is 3.36. The Bertz CT molecular complexity index is 866. The Morgan fingerprint density at radius 3 is 2.68 bits per heavy atom. The minimum absolute atomic E-state index is 0.354. The van der Waals surface area contributed by atoms with Gasteiger partial charge in [-0.25, -0.2) is 0 Å². The van der Waals surface area contributed by atoms with E-state index in [-0.39, 0.29) is 0 Å². The molecule has 0 spiro atoms. The fourth-order valence-electron chi connectivity index (χ4n) is 2.19. The lowest BCUT2D eigenvalue weighted by Crippen LogP contribution is -1.97. The Morgan fingerprint density at radius 1 is 0.955 bits per heavy atom. The van der Waals surface area contributed by atoms with E-state index in [9.17, 15) is 0 Å². The van der Waals surface area contributed by atoms with Crippen molar-refractivity contribution in [2.45, 2.75) is 6.54 Å². The third kappa shape index (κ3) is 2.42. The molecule has 4 aromatic rings. The molecule has 0 unspecified atom stereocenters. The normalized spacial score (nSPS) is 10.9. The van der Waals surface area contributed by atoms with Crippen molar-refractivity contribution in [3.8, 4) is 11.5 Å². The lowest BCUT2D eigenvalue weighted by atomic mass is 10.2. The maximum atomic E-state index is 5.72. The number of rotatable bonds is 4. The molecule has 0 aliphatic heterocycles. The number of fused-ring (bicyclic) bond motifs is 1. The summed E-state index contributed by atoms with van der Waals surface area (Å²) in [7, 11) is 0. The van der Waals surface area contributed by atoms with Crippen LogP contribution in [0.5, 0.6) is 0 Å². The van der Waals surface area contributed by atoms with Crippen LogP contribution >= 0.6 is 0 Å². The van der Waals surface area contributed by atoms with E-state index in [2.05, 4.69) is 20.5 Å². The number of anilines is 1. The summed E-state index contributed by atoms with van der Waals surface area (Å²) in [6, 6.07) is 13.8. The quantitative estimate of drug-likeness (QED) is 0.620. The molecule has 0 aliphatic rings. The highest BCUT2D eigenvalue weighted by atomic mass is 16.4. The van der Waals surface area contributed by atoms with E-state index in [1.807, 2.05) is 42.5 Å². The molecule has 3 heterocycles. The van der Waals surface area contributed by atoms with Gasteiger partial charge in [0.05, 0.1) is 6.54 Å². The first-order valence-corrected chi connectivity index (χ1v) is 6.84. The molecule has 1 aromatic carbocycles. The second-order valence-electron chi connectivity index (χ2n) is 4.75. The third-order valence-corrected chi connectivity index (χ3v) is 3.24. The van der Waals surface area contributed by atoms with Crippen molar-refractivity contribution in [3.05, 3.63) is 60.6 Å². The van der Waals surface area contributed by atoms with Gasteiger partial charge in [0.25, 0.3) is 0 Å². The van der Waals surface area contributed by atoms with Crippen molar-refractivity contribution in [2.24, 2.45) is 0 Å². The van der Waals surface area contributed by atoms with Crippen LogP contribution in [-0.4, -0.2) is 15.2 Å². The van der Waals surface area contributed by atoms with Gasteiger partial charge in [-0.15, -0.1) is 5.10 Å². The average Bonchev–Trinajstić information content (AvgIpc) is 3.20. The summed E-state index contributed by atoms with van der Waals surface area (Å²) >= 11 is 0. The zero-order valence-corrected chi connectivity index (χ0v) is 11.6. The first kappa shape index (κ1) is 12.6. The van der Waals surface area contributed by atoms with Gasteiger partial charge >= 0.3 is 6.01 Å². The second-order valence-corrected chi connectivity index (χ2v) is 4.75. The standard InChI is InChI=1S/C16H12N4O2/c1-2-4-14-12(3-1)9-13(21-14)10-18-16-20-19-15(22-16)11-5-7-17-8-6-11/h1-9H,10H2,(H,18,20). The summed E-state index contributed by atoms with van der Waals surface area (Å²) in [5.41, 5.74) is 1.70. The zero-order chi connectivity index (χ0) is 14.8. The van der Waals surface area contributed by atoms with Crippen molar-refractivity contribution >= 4 is 17.0 Å². The lowest BCUT2D eigenvalue weighted by Gasteiger charge is -1.97. The fraction of sp³-hybridized carbons (Fsp3) is 0.0625. The number of hydrogen-bond acceptors (Lipinski definition) is 6. The number of hydrogen-bond donors (Lipinski definition) is 1. The first-order chi connectivity index (χ1) is 10.9. The Labute approximate surface area is 125 Å². The van der Waals surface area contributed by atoms with Crippen molar-refractivity contribution in [1.29, 1.82) is 0 Å². The number of nitrogens with zero attached hydrogens (tertiary/aromatic N) is 3. The summed E-state index contributed by atoms with van der Waals surface area (Å²) < 4.78 is 11.3. The van der Waals surface area contributed by atoms with Gasteiger partial charge in [-0.2, -0.15) is 0 Å². The minimum Gasteiger partial charge on any atom is -0.459 e. The van der Waals surface area contributed by atoms with Crippen LogP contribution < -0.4 is 5.32 Å². The van der Waals surface area contributed by atoms with Gasteiger partial charge in [0.1, 0.15) is 11.3 Å². The molecule has 108 valence electrons. The van der Waals surface area contributed by atoms with Gasteiger partial charge in [-0.05, 0) is 24.3 Å². The highest BCUT2D eigenvalue weighted by Gasteiger charge is 2.09. The van der Waals surface area contributed by atoms with Gasteiger partial charge < -0.3 is 14.2 Å². The van der Waals surface area contributed by atoms with Crippen molar-refractivity contribution < 1.29 is 8.83 Å². The van der Waals surface area contributed by atoms with E-state index >= 15 is 0 Å². The summed E-state index contributed by atoms with van der Waals surface area (Å²) in [5.74, 6) is 1.26. The molecule has 6 nitrogen and oxygen atoms in total. The van der Waals surface area contributed by atoms with Crippen LogP contribution in [0.4, 0.5) is 6.01 Å². The van der Waals surface area contributed by atoms with Crippen LogP contribution in [0.25, 0.3) is 22.4 Å². The first-order valence-electron chi connectivity index (χ1n) is 6.84. The number of para-hydroxylation sites is 1. The Hall–Kier alpha value is -3.15. The largest absolute Gasteiger partial charge is 0.459 e. The van der Waals surface area contributed by atoms with Gasteiger partial charge in [-0.1, -0.05) is 23.3 Å². The number of furan rings is 1. The minimum atomic E-state index is 0.354. The maximum Gasteiger partial charge on any atom is 0.316 e. The van der Waals surface area contributed by atoms with Crippen LogP contribution in [0.3, 0.4) is 0 Å². The molecule has 0 aliphatic carbocycles. The van der Waals surface area contributed by atoms with Crippen molar-refractivity contribution in [2.75, 3.05) is 5.32 Å². The van der Waals surface area contributed by atoms with Crippen molar-refractivity contribution in [3.63, 3.8) is 0 Å². The lowest BCUT2D eigenvalue weighted by molar-refractivity contribution is 0.543. The third-order valence-electron chi connectivity index (χ3n) is 3.24. The molecule has 22 heavy (non-hydrogen) atoms. The predicted octanol–water partition coefficient (Wildman–Crippen LogP) is 3.49. The maximum absolute atomic E-state index is 5.72. The van der Waals surface area contributed by atoms with E-state index in [1.54, 1.807) is 12.4 Å². The van der Waals surface area contributed by atoms with E-state index < -0.39 is 0 Å². The second kappa shape index (κ2) is 5.33. The van der Waals surface area contributed by atoms with E-state index in [1.165, 1.54) is 0 Å². The van der Waals surface area contributed by atoms with E-state index in [4.69, 9.17) is 8.83 Å². The molecule has 6 heteroatoms. The van der Waals surface area contributed by atoms with Gasteiger partial charge in [0.2, 0.25) is 5.89 Å². The number of nitrogens with one attached hydrogen (secondary N) is 1. The summed E-state index contributed by atoms with van der Waals surface area (Å²) in [6.45, 7) is 0.479. The molecule has 0 radical (unpaired) electrons. The molecule has 1 N–H and O–H groups in total. The average molecular weight is 292 g/mol. The molecule has 0 bridgehead atoms. The smallest absolute Gasteiger partial charge is 0.316 e. The van der Waals surface area contributed by atoms with E-state index in [0.29, 0.717) is 18.5 Å². The Kier molecular flexibility index (Phi) is 3.05. The molecular weight excluding hydrogens is 280 g/mol. The molecule has 3 aromatic heterocycles. The molecule has 0 saturated carbocycles. The SMILES string of the molecule is c1ccc2oc(CNc3nnc(-c4ccncc4)o3)cc2c1. The summed E-state index contributed by atoms with van der Waals surface area (Å²) in [5, 5.41) is 12.1. The topological polar surface area (TPSA) is 77.0 Å². The molecule has 0 amide bonds. The monoisotopic (exact) mass is 292 g/mol. The Morgan fingerprint density at radius 2 is 1.82 bits per heavy atom. The predicted molar refractivity (Wildman–Crippen MR) is 81.1 cm³/mol. The van der Waals surface area contributed by atoms with Crippen LogP contribution in [0, 0.1) is 0 Å². The molecule has 0 saturated heterocycles. The number of aromatic nitrogens is 3. The van der Waals surface area contributed by atoms with E-state index in [0.717, 1.165) is 22.3 Å². The molecule has 4 rings (SSSR count).